The average Bonchev–Trinajstić information content (AvgIpc) is 0.696. The first-order valence-corrected chi connectivity index (χ1v) is 49.7. The van der Waals surface area contributed by atoms with E-state index < -0.39 is 24.2 Å². The van der Waals surface area contributed by atoms with Crippen molar-refractivity contribution in [1.29, 1.82) is 0 Å². The molecule has 0 saturated heterocycles. The van der Waals surface area contributed by atoms with Crippen molar-refractivity contribution in [2.24, 2.45) is 0 Å². The zero-order valence-electron chi connectivity index (χ0n) is 63.7. The maximum atomic E-state index is 7.88. The molecule has 0 aromatic heterocycles. The molecule has 536 valence electrons. The third-order valence-electron chi connectivity index (χ3n) is 26.3. The Morgan fingerprint density at radius 3 is 1.03 bits per heavy atom. The van der Waals surface area contributed by atoms with E-state index in [2.05, 4.69) is 395 Å². The number of rotatable bonds is 6. The Morgan fingerprint density at radius 2 is 0.584 bits per heavy atom. The average molecular weight is 1520 g/mol. The number of para-hydroxylation sites is 10. The molecule has 0 amide bonds. The Bertz CT molecular complexity index is 6550. The van der Waals surface area contributed by atoms with Crippen molar-refractivity contribution >= 4 is 245 Å². The normalized spacial score (nSPS) is 15.9. The van der Waals surface area contributed by atoms with Gasteiger partial charge in [0.15, 0.2) is 0 Å². The van der Waals surface area contributed by atoms with Crippen LogP contribution in [-0.4, -0.2) is 50.6 Å². The zero-order chi connectivity index (χ0) is 75.2. The van der Waals surface area contributed by atoms with E-state index in [9.17, 15) is 0 Å². The van der Waals surface area contributed by atoms with E-state index in [1.165, 1.54) is 98.0 Å². The van der Waals surface area contributed by atoms with Crippen LogP contribution >= 0.6 is 11.9 Å². The number of hydrogen-bond donors (Lipinski definition) is 1. The Morgan fingerprint density at radius 1 is 0.248 bits per heavy atom. The van der Waals surface area contributed by atoms with Gasteiger partial charge >= 0.3 is 0 Å². The summed E-state index contributed by atoms with van der Waals surface area (Å²) in [5.74, 6) is 3.21. The maximum Gasteiger partial charge on any atom is 0.260 e. The number of ether oxygens (including phenoxy) is 2. The SMILES string of the molecule is CSN1c2cc3c(cc2B2c4ccccc4N(c4ccccc4)c4cc(N5c6ccccc6[Si](C)(C)c6ccccc65)cc1c42)B1c2cc4c(cc2Oc2cc(N5c6ccccc6[Si](C)(C)c6ccccc65)cc(c21)O3)Nc1cc(N2c3ccccc3[Si](C)(C)c3ccccc32)cc2c1B4c1ccccc1N2c1ccccc1. The molecule has 0 saturated carbocycles. The first-order valence-electron chi connectivity index (χ1n) is 39.5. The molecule has 0 unspecified atom stereocenters. The number of nitrogens with one attached hydrogen (secondary N) is 1. The summed E-state index contributed by atoms with van der Waals surface area (Å²) in [6.07, 6.45) is 2.24. The molecule has 0 radical (unpaired) electrons. The van der Waals surface area contributed by atoms with E-state index in [0.29, 0.717) is 0 Å². The fourth-order valence-corrected chi connectivity index (χ4v) is 31.0. The van der Waals surface area contributed by atoms with Crippen molar-refractivity contribution in [3.63, 3.8) is 0 Å². The third kappa shape index (κ3) is 8.97. The monoisotopic (exact) mass is 1520 g/mol. The quantitative estimate of drug-likeness (QED) is 0.129. The predicted octanol–water partition coefficient (Wildman–Crippen LogP) is 15.6. The molecule has 113 heavy (non-hydrogen) atoms. The highest BCUT2D eigenvalue weighted by Crippen LogP contribution is 2.53. The van der Waals surface area contributed by atoms with Crippen LogP contribution in [-0.2, 0) is 0 Å². The minimum atomic E-state index is -2.17. The summed E-state index contributed by atoms with van der Waals surface area (Å²) in [6.45, 7) is 14.4. The van der Waals surface area contributed by atoms with E-state index in [4.69, 9.17) is 9.47 Å². The summed E-state index contributed by atoms with van der Waals surface area (Å²) in [5, 5.41) is 12.8. The Balaban J connectivity index is 0.744. The smallest absolute Gasteiger partial charge is 0.260 e. The summed E-state index contributed by atoms with van der Waals surface area (Å²) in [5.41, 5.74) is 32.4. The lowest BCUT2D eigenvalue weighted by Gasteiger charge is -2.46. The Hall–Kier alpha value is -12.3. The van der Waals surface area contributed by atoms with E-state index in [-0.39, 0.29) is 20.1 Å². The Kier molecular flexibility index (Phi) is 13.7. The second-order valence-corrected chi connectivity index (χ2v) is 46.9. The fourth-order valence-electron chi connectivity index (χ4n) is 21.3. The molecule has 0 bridgehead atoms. The number of nitrogens with zero attached hydrogens (tertiary/aromatic N) is 6. The van der Waals surface area contributed by atoms with Gasteiger partial charge in [0.1, 0.15) is 47.2 Å². The number of hydrogen-bond acceptors (Lipinski definition) is 10. The van der Waals surface area contributed by atoms with Crippen molar-refractivity contribution < 1.29 is 9.47 Å². The number of anilines is 19. The highest BCUT2D eigenvalue weighted by Gasteiger charge is 2.52. The van der Waals surface area contributed by atoms with Gasteiger partial charge in [-0.25, -0.2) is 0 Å². The van der Waals surface area contributed by atoms with Crippen LogP contribution in [0.4, 0.5) is 108 Å². The molecule has 9 aliphatic rings. The number of benzene rings is 15. The lowest BCUT2D eigenvalue weighted by atomic mass is 9.29. The van der Waals surface area contributed by atoms with Crippen LogP contribution in [0.2, 0.25) is 39.3 Å². The topological polar surface area (TPSA) is 49.9 Å². The van der Waals surface area contributed by atoms with Crippen molar-refractivity contribution in [1.82, 2.24) is 0 Å². The molecule has 9 nitrogen and oxygen atoms in total. The summed E-state index contributed by atoms with van der Waals surface area (Å²) in [4.78, 5) is 12.6. The van der Waals surface area contributed by atoms with Gasteiger partial charge < -0.3 is 39.3 Å². The van der Waals surface area contributed by atoms with E-state index in [0.717, 1.165) is 113 Å². The molecule has 0 aliphatic carbocycles. The zero-order valence-corrected chi connectivity index (χ0v) is 67.5. The van der Waals surface area contributed by atoms with Crippen LogP contribution in [0, 0.1) is 0 Å². The lowest BCUT2D eigenvalue weighted by molar-refractivity contribution is 0.465. The molecule has 0 fully saturated rings. The molecule has 9 heterocycles. The van der Waals surface area contributed by atoms with Gasteiger partial charge in [-0.2, -0.15) is 0 Å². The molecule has 16 heteroatoms. The van der Waals surface area contributed by atoms with E-state index >= 15 is 0 Å². The number of fused-ring (bicyclic) bond motifs is 18. The van der Waals surface area contributed by atoms with Crippen molar-refractivity contribution in [2.75, 3.05) is 40.4 Å². The second-order valence-electron chi connectivity index (χ2n) is 33.2. The summed E-state index contributed by atoms with van der Waals surface area (Å²) >= 11 is 1.76. The Labute approximate surface area is 667 Å². The minimum Gasteiger partial charge on any atom is -0.458 e. The molecular formula is C97H74B3N7O2SSi3. The van der Waals surface area contributed by atoms with Crippen LogP contribution in [0.15, 0.2) is 315 Å². The van der Waals surface area contributed by atoms with Gasteiger partial charge in [0.05, 0.1) is 28.4 Å². The molecule has 1 N–H and O–H groups in total. The van der Waals surface area contributed by atoms with Crippen molar-refractivity contribution in [2.45, 2.75) is 39.3 Å². The molecular weight excluding hydrogens is 1440 g/mol. The first kappa shape index (κ1) is 65.4. The molecule has 24 rings (SSSR count). The van der Waals surface area contributed by atoms with Crippen LogP contribution in [0.5, 0.6) is 23.0 Å². The van der Waals surface area contributed by atoms with Gasteiger partial charge in [0.2, 0.25) is 0 Å². The van der Waals surface area contributed by atoms with Gasteiger partial charge in [-0.15, -0.1) is 0 Å². The second kappa shape index (κ2) is 23.6. The lowest BCUT2D eigenvalue weighted by Crippen LogP contribution is -2.65. The highest BCUT2D eigenvalue weighted by atomic mass is 32.2. The summed E-state index contributed by atoms with van der Waals surface area (Å²) < 4.78 is 18.2. The van der Waals surface area contributed by atoms with E-state index in [1.807, 2.05) is 0 Å². The van der Waals surface area contributed by atoms with Crippen molar-refractivity contribution in [3.8, 4) is 23.0 Å². The minimum absolute atomic E-state index is 0.168. The van der Waals surface area contributed by atoms with Gasteiger partial charge in [-0.1, -0.05) is 233 Å². The molecule has 15 aromatic carbocycles. The largest absolute Gasteiger partial charge is 0.458 e. The van der Waals surface area contributed by atoms with Crippen molar-refractivity contribution in [3.05, 3.63) is 315 Å². The highest BCUT2D eigenvalue weighted by molar-refractivity contribution is 8.00. The standard InChI is InChI=1S/C97H74B3N7O2SSi3/c1-110-107-81-59-86-70(57-68(81)99-66-35-15-17-37-74(66)103(61-32-12-9-13-33-61)83-52-63(53-84(107)96(83)99)105-77-40-20-26-46-91(77)112(4,5)92-47-27-21-41-78(92)105)100-69-56-67-71(58-85(69)108-87-54-64(55-88(109-86)97(87)100)106-79-42-22-28-48-93(79)113(6,7)94-49-29-23-43-80(94)106)101-72-50-62(104-75-38-18-24-44-89(75)111(2,3)90-45-25-19-39-76(90)104)51-82-95(72)98(67)65-34-14-16-36-73(65)102(82)60-30-10-8-11-31-60/h8-59,101H,1-7H3. The third-order valence-corrected chi connectivity index (χ3v) is 37.7. The van der Waals surface area contributed by atoms with Gasteiger partial charge in [0, 0.05) is 116 Å². The van der Waals surface area contributed by atoms with Gasteiger partial charge in [-0.05, 0) is 184 Å². The van der Waals surface area contributed by atoms with E-state index in [1.54, 1.807) is 11.9 Å². The summed E-state index contributed by atoms with van der Waals surface area (Å²) in [7, 11) is -6.43. The van der Waals surface area contributed by atoms with Crippen LogP contribution < -0.4 is 124 Å². The molecule has 15 aromatic rings. The van der Waals surface area contributed by atoms with Crippen LogP contribution in [0.1, 0.15) is 0 Å². The molecule has 0 spiro atoms. The van der Waals surface area contributed by atoms with Crippen LogP contribution in [0.3, 0.4) is 0 Å². The predicted molar refractivity (Wildman–Crippen MR) is 489 cm³/mol. The fraction of sp³-hybridized carbons (Fsp3) is 0.0722. The van der Waals surface area contributed by atoms with Crippen LogP contribution in [0.25, 0.3) is 0 Å². The maximum absolute atomic E-state index is 7.88. The summed E-state index contributed by atoms with van der Waals surface area (Å²) in [6, 6.07) is 120. The van der Waals surface area contributed by atoms with Gasteiger partial charge in [0.25, 0.3) is 20.1 Å². The first-order chi connectivity index (χ1) is 55.3. The van der Waals surface area contributed by atoms with Gasteiger partial charge in [-0.3, -0.25) is 4.31 Å². The molecule has 0 atom stereocenters. The molecule has 9 aliphatic heterocycles.